The number of allylic oxidation sites excluding steroid dienone is 1. The largest absolute Gasteiger partial charge is 0.206 e. The second-order valence-electron chi connectivity index (χ2n) is 10.3. The molecule has 0 aliphatic heterocycles. The fourth-order valence-corrected chi connectivity index (χ4v) is 5.42. The fourth-order valence-electron chi connectivity index (χ4n) is 5.42. The zero-order valence-corrected chi connectivity index (χ0v) is 21.3. The molecule has 3 aromatic carbocycles. The number of rotatable bonds is 10. The van der Waals surface area contributed by atoms with Crippen molar-refractivity contribution in [3.63, 3.8) is 0 Å². The Bertz CT molecular complexity index is 1150. The lowest BCUT2D eigenvalue weighted by atomic mass is 9.78. The van der Waals surface area contributed by atoms with Crippen molar-refractivity contribution in [2.24, 2.45) is 5.92 Å². The molecule has 0 bridgehead atoms. The van der Waals surface area contributed by atoms with Crippen LogP contribution in [0.4, 0.5) is 13.2 Å². The van der Waals surface area contributed by atoms with Crippen molar-refractivity contribution >= 4 is 0 Å². The second kappa shape index (κ2) is 12.4. The molecule has 1 fully saturated rings. The van der Waals surface area contributed by atoms with Gasteiger partial charge in [-0.25, -0.2) is 13.2 Å². The molecule has 0 saturated heterocycles. The number of hydrogen-bond acceptors (Lipinski definition) is 0. The third-order valence-corrected chi connectivity index (χ3v) is 7.79. The van der Waals surface area contributed by atoms with Crippen molar-refractivity contribution < 1.29 is 13.2 Å². The zero-order valence-electron chi connectivity index (χ0n) is 21.3. The van der Waals surface area contributed by atoms with Crippen LogP contribution >= 0.6 is 0 Å². The maximum absolute atomic E-state index is 14.9. The van der Waals surface area contributed by atoms with Crippen LogP contribution in [-0.4, -0.2) is 0 Å². The van der Waals surface area contributed by atoms with Crippen LogP contribution in [0.15, 0.2) is 67.3 Å². The van der Waals surface area contributed by atoms with Crippen LogP contribution in [0.1, 0.15) is 80.0 Å². The van der Waals surface area contributed by atoms with E-state index in [0.29, 0.717) is 30.2 Å². The molecule has 1 aliphatic carbocycles. The minimum atomic E-state index is -0.964. The van der Waals surface area contributed by atoms with E-state index in [2.05, 4.69) is 43.8 Å². The van der Waals surface area contributed by atoms with Gasteiger partial charge in [-0.1, -0.05) is 74.4 Å². The molecule has 0 nitrogen and oxygen atoms in total. The molecule has 0 radical (unpaired) electrons. The average Bonchev–Trinajstić information content (AvgIpc) is 2.91. The molecule has 190 valence electrons. The first-order valence-corrected chi connectivity index (χ1v) is 13.5. The van der Waals surface area contributed by atoms with Crippen LogP contribution in [0.25, 0.3) is 11.1 Å². The van der Waals surface area contributed by atoms with Gasteiger partial charge in [0.1, 0.15) is 5.82 Å². The van der Waals surface area contributed by atoms with Gasteiger partial charge in [-0.3, -0.25) is 0 Å². The lowest BCUT2D eigenvalue weighted by Crippen LogP contribution is -2.11. The molecule has 3 heteroatoms. The highest BCUT2D eigenvalue weighted by atomic mass is 19.2. The molecule has 4 rings (SSSR count). The van der Waals surface area contributed by atoms with E-state index in [1.807, 2.05) is 6.07 Å². The number of hydrogen-bond donors (Lipinski definition) is 0. The van der Waals surface area contributed by atoms with Gasteiger partial charge in [0.25, 0.3) is 0 Å². The second-order valence-corrected chi connectivity index (χ2v) is 10.3. The number of halogens is 3. The Hall–Kier alpha value is -2.81. The number of unbranched alkanes of at least 4 members (excludes halogenated alkanes) is 2. The molecular formula is C33H37F3. The van der Waals surface area contributed by atoms with Gasteiger partial charge in [0.05, 0.1) is 0 Å². The summed E-state index contributed by atoms with van der Waals surface area (Å²) in [7, 11) is 0. The van der Waals surface area contributed by atoms with Crippen LogP contribution in [0.5, 0.6) is 0 Å². The maximum atomic E-state index is 14.9. The van der Waals surface area contributed by atoms with Crippen molar-refractivity contribution in [1.82, 2.24) is 0 Å². The van der Waals surface area contributed by atoms with Gasteiger partial charge in [-0.15, -0.1) is 6.58 Å². The molecule has 0 atom stereocenters. The summed E-state index contributed by atoms with van der Waals surface area (Å²) >= 11 is 0. The Balaban J connectivity index is 1.38. The molecule has 36 heavy (non-hydrogen) atoms. The number of benzene rings is 3. The molecule has 1 aliphatic rings. The van der Waals surface area contributed by atoms with E-state index in [1.54, 1.807) is 12.1 Å². The smallest absolute Gasteiger partial charge is 0.167 e. The summed E-state index contributed by atoms with van der Waals surface area (Å²) in [5.74, 6) is -1.04. The minimum Gasteiger partial charge on any atom is -0.206 e. The topological polar surface area (TPSA) is 0 Å². The average molecular weight is 491 g/mol. The van der Waals surface area contributed by atoms with E-state index in [9.17, 15) is 13.2 Å². The monoisotopic (exact) mass is 490 g/mol. The molecule has 3 aromatic rings. The predicted molar refractivity (Wildman–Crippen MR) is 144 cm³/mol. The Kier molecular flexibility index (Phi) is 9.07. The van der Waals surface area contributed by atoms with Gasteiger partial charge in [-0.05, 0) is 91.5 Å². The number of aryl methyl sites for hydroxylation is 3. The van der Waals surface area contributed by atoms with Gasteiger partial charge in [0.15, 0.2) is 11.6 Å². The summed E-state index contributed by atoms with van der Waals surface area (Å²) in [4.78, 5) is 0. The van der Waals surface area contributed by atoms with E-state index < -0.39 is 17.5 Å². The van der Waals surface area contributed by atoms with Gasteiger partial charge in [0, 0.05) is 11.1 Å². The first kappa shape index (κ1) is 26.3. The zero-order chi connectivity index (χ0) is 25.5. The molecule has 0 spiro atoms. The van der Waals surface area contributed by atoms with Crippen LogP contribution < -0.4 is 0 Å². The summed E-state index contributed by atoms with van der Waals surface area (Å²) in [5, 5.41) is 0. The van der Waals surface area contributed by atoms with Crippen molar-refractivity contribution in [3.05, 3.63) is 107 Å². The van der Waals surface area contributed by atoms with Crippen molar-refractivity contribution in [2.75, 3.05) is 0 Å². The first-order chi connectivity index (χ1) is 17.5. The van der Waals surface area contributed by atoms with E-state index in [4.69, 9.17) is 0 Å². The third kappa shape index (κ3) is 6.30. The van der Waals surface area contributed by atoms with Crippen molar-refractivity contribution in [1.29, 1.82) is 0 Å². The SMILES string of the molecule is C=CC1CCC(c2ccc(CCc3ccc(-c4ccc(CCCCC)c(F)c4F)c(F)c3)cc2)CC1. The van der Waals surface area contributed by atoms with E-state index >= 15 is 0 Å². The van der Waals surface area contributed by atoms with Gasteiger partial charge in [-0.2, -0.15) is 0 Å². The van der Waals surface area contributed by atoms with Gasteiger partial charge < -0.3 is 0 Å². The van der Waals surface area contributed by atoms with Gasteiger partial charge in [0.2, 0.25) is 0 Å². The van der Waals surface area contributed by atoms with Gasteiger partial charge >= 0.3 is 0 Å². The van der Waals surface area contributed by atoms with Crippen LogP contribution in [0, 0.1) is 23.4 Å². The Labute approximate surface area is 214 Å². The summed E-state index contributed by atoms with van der Waals surface area (Å²) < 4.78 is 44.3. The highest BCUT2D eigenvalue weighted by molar-refractivity contribution is 5.66. The lowest BCUT2D eigenvalue weighted by molar-refractivity contribution is 0.376. The summed E-state index contributed by atoms with van der Waals surface area (Å²) in [6.45, 7) is 6.00. The molecule has 1 saturated carbocycles. The van der Waals surface area contributed by atoms with Crippen LogP contribution in [0.2, 0.25) is 0 Å². The predicted octanol–water partition coefficient (Wildman–Crippen LogP) is 9.75. The molecule has 0 N–H and O–H groups in total. The summed E-state index contributed by atoms with van der Waals surface area (Å²) in [6, 6.07) is 16.8. The van der Waals surface area contributed by atoms with E-state index in [-0.39, 0.29) is 11.1 Å². The minimum absolute atomic E-state index is 0.0199. The maximum Gasteiger partial charge on any atom is 0.167 e. The van der Waals surface area contributed by atoms with E-state index in [0.717, 1.165) is 31.2 Å². The Morgan fingerprint density at radius 1 is 0.750 bits per heavy atom. The van der Waals surface area contributed by atoms with Crippen LogP contribution in [0.3, 0.4) is 0 Å². The molecular weight excluding hydrogens is 453 g/mol. The quantitative estimate of drug-likeness (QED) is 0.196. The summed E-state index contributed by atoms with van der Waals surface area (Å²) in [5.41, 5.74) is 3.91. The highest BCUT2D eigenvalue weighted by Crippen LogP contribution is 2.36. The Morgan fingerprint density at radius 2 is 1.42 bits per heavy atom. The molecule has 0 unspecified atom stereocenters. The highest BCUT2D eigenvalue weighted by Gasteiger charge is 2.20. The van der Waals surface area contributed by atoms with Crippen molar-refractivity contribution in [3.8, 4) is 11.1 Å². The third-order valence-electron chi connectivity index (χ3n) is 7.79. The van der Waals surface area contributed by atoms with E-state index in [1.165, 1.54) is 48.9 Å². The normalized spacial score (nSPS) is 17.8. The van der Waals surface area contributed by atoms with Crippen molar-refractivity contribution in [2.45, 2.75) is 77.0 Å². The fraction of sp³-hybridized carbons (Fsp3) is 0.394. The standard InChI is InChI=1S/C33H37F3/c1-3-5-6-7-28-19-21-30(33(36)32(28)35)29-20-14-25(22-31(29)34)9-8-24-12-17-27(18-13-24)26-15-10-23(4-2)11-16-26/h4,12-14,17-23,26H,2-3,5-11,15-16H2,1H3. The summed E-state index contributed by atoms with van der Waals surface area (Å²) in [6.07, 6.45) is 11.8. The van der Waals surface area contributed by atoms with Crippen LogP contribution in [-0.2, 0) is 19.3 Å². The molecule has 0 amide bonds. The molecule has 0 aromatic heterocycles. The Morgan fingerprint density at radius 3 is 2.08 bits per heavy atom. The lowest BCUT2D eigenvalue weighted by Gasteiger charge is -2.27. The first-order valence-electron chi connectivity index (χ1n) is 13.5. The molecule has 0 heterocycles.